The molecular formula is C18H14Cl2N2O3S. The van der Waals surface area contributed by atoms with E-state index in [0.717, 1.165) is 20.7 Å². The van der Waals surface area contributed by atoms with Gasteiger partial charge in [0.15, 0.2) is 0 Å². The van der Waals surface area contributed by atoms with E-state index in [9.17, 15) is 9.90 Å². The summed E-state index contributed by atoms with van der Waals surface area (Å²) in [4.78, 5) is 19.1. The Hall–Kier alpha value is -1.86. The summed E-state index contributed by atoms with van der Waals surface area (Å²) in [5.41, 5.74) is 2.45. The molecule has 0 aliphatic carbocycles. The summed E-state index contributed by atoms with van der Waals surface area (Å²) >= 11 is 14.0. The van der Waals surface area contributed by atoms with E-state index < -0.39 is 5.97 Å². The predicted octanol–water partition coefficient (Wildman–Crippen LogP) is 4.80. The first-order valence-electron chi connectivity index (χ1n) is 7.99. The molecule has 1 N–H and O–H groups in total. The van der Waals surface area contributed by atoms with Crippen molar-refractivity contribution in [3.63, 3.8) is 0 Å². The van der Waals surface area contributed by atoms with E-state index in [1.807, 2.05) is 18.2 Å². The fourth-order valence-electron chi connectivity index (χ4n) is 3.05. The van der Waals surface area contributed by atoms with Gasteiger partial charge in [0.2, 0.25) is 0 Å². The van der Waals surface area contributed by atoms with E-state index in [-0.39, 0.29) is 5.56 Å². The number of hydrogen-bond donors (Lipinski definition) is 1. The Kier molecular flexibility index (Phi) is 4.75. The molecule has 8 heteroatoms. The summed E-state index contributed by atoms with van der Waals surface area (Å²) in [7, 11) is 0. The normalized spacial score (nSPS) is 14.8. The van der Waals surface area contributed by atoms with Crippen LogP contribution in [0.4, 0.5) is 5.69 Å². The summed E-state index contributed by atoms with van der Waals surface area (Å²) in [6.07, 6.45) is 1.42. The third-order valence-electron chi connectivity index (χ3n) is 4.29. The zero-order valence-electron chi connectivity index (χ0n) is 13.5. The van der Waals surface area contributed by atoms with Crippen molar-refractivity contribution in [2.75, 3.05) is 31.2 Å². The molecular weight excluding hydrogens is 395 g/mol. The smallest absolute Gasteiger partial charge is 0.339 e. The van der Waals surface area contributed by atoms with Crippen molar-refractivity contribution in [3.8, 4) is 10.4 Å². The number of hydrogen-bond acceptors (Lipinski definition) is 5. The minimum Gasteiger partial charge on any atom is -0.478 e. The number of nitrogens with zero attached hydrogens (tertiary/aromatic N) is 2. The van der Waals surface area contributed by atoms with Gasteiger partial charge in [0.25, 0.3) is 0 Å². The van der Waals surface area contributed by atoms with E-state index in [2.05, 4.69) is 9.88 Å². The van der Waals surface area contributed by atoms with Crippen LogP contribution in [0, 0.1) is 0 Å². The van der Waals surface area contributed by atoms with Gasteiger partial charge in [-0.1, -0.05) is 35.3 Å². The van der Waals surface area contributed by atoms with Crippen LogP contribution in [0.2, 0.25) is 10.0 Å². The Morgan fingerprint density at radius 2 is 2.04 bits per heavy atom. The summed E-state index contributed by atoms with van der Waals surface area (Å²) in [5, 5.41) is 10.6. The number of carboxylic acids is 1. The van der Waals surface area contributed by atoms with E-state index in [0.29, 0.717) is 42.0 Å². The minimum absolute atomic E-state index is 0.199. The number of thiophene rings is 1. The van der Waals surface area contributed by atoms with Crippen molar-refractivity contribution in [1.82, 2.24) is 4.98 Å². The van der Waals surface area contributed by atoms with Crippen LogP contribution in [0.1, 0.15) is 10.4 Å². The quantitative estimate of drug-likeness (QED) is 0.673. The molecule has 5 nitrogen and oxygen atoms in total. The van der Waals surface area contributed by atoms with E-state index in [1.54, 1.807) is 6.07 Å². The SMILES string of the molecule is O=C(O)c1cnc2cc(-c3cccc(Cl)c3Cl)sc2c1N1CCOCC1. The van der Waals surface area contributed by atoms with Gasteiger partial charge in [-0.25, -0.2) is 4.79 Å². The molecule has 1 aliphatic heterocycles. The predicted molar refractivity (Wildman–Crippen MR) is 105 cm³/mol. The van der Waals surface area contributed by atoms with Crippen molar-refractivity contribution in [2.24, 2.45) is 0 Å². The van der Waals surface area contributed by atoms with Gasteiger partial charge in [-0.15, -0.1) is 11.3 Å². The highest BCUT2D eigenvalue weighted by atomic mass is 35.5. The number of carbonyl (C=O) groups is 1. The monoisotopic (exact) mass is 408 g/mol. The van der Waals surface area contributed by atoms with Crippen molar-refractivity contribution >= 4 is 56.4 Å². The molecule has 3 heterocycles. The molecule has 0 saturated carbocycles. The maximum atomic E-state index is 11.8. The number of aromatic nitrogens is 1. The van der Waals surface area contributed by atoms with Gasteiger partial charge < -0.3 is 14.7 Å². The first-order valence-corrected chi connectivity index (χ1v) is 9.56. The van der Waals surface area contributed by atoms with Crippen LogP contribution < -0.4 is 4.90 Å². The molecule has 1 aliphatic rings. The standard InChI is InChI=1S/C18H14Cl2N2O3S/c19-12-3-1-2-10(15(12)20)14-8-13-17(26-14)16(11(9-21-13)18(23)24)22-4-6-25-7-5-22/h1-3,8-9H,4-7H2,(H,23,24). The lowest BCUT2D eigenvalue weighted by Gasteiger charge is -2.30. The number of rotatable bonds is 3. The second-order valence-electron chi connectivity index (χ2n) is 5.85. The number of anilines is 1. The molecule has 0 unspecified atom stereocenters. The molecule has 2 aromatic heterocycles. The van der Waals surface area contributed by atoms with Crippen molar-refractivity contribution < 1.29 is 14.6 Å². The number of ether oxygens (including phenoxy) is 1. The molecule has 1 aromatic carbocycles. The number of carboxylic acid groups (broad SMARTS) is 1. The van der Waals surface area contributed by atoms with Crippen LogP contribution in [0.25, 0.3) is 20.7 Å². The third kappa shape index (κ3) is 3.03. The summed E-state index contributed by atoms with van der Waals surface area (Å²) in [6, 6.07) is 7.39. The molecule has 0 spiro atoms. The minimum atomic E-state index is -0.989. The fourth-order valence-corrected chi connectivity index (χ4v) is 4.73. The van der Waals surface area contributed by atoms with Gasteiger partial charge in [-0.3, -0.25) is 4.98 Å². The fraction of sp³-hybridized carbons (Fsp3) is 0.222. The van der Waals surface area contributed by atoms with Crippen molar-refractivity contribution in [1.29, 1.82) is 0 Å². The number of aromatic carboxylic acids is 1. The lowest BCUT2D eigenvalue weighted by molar-refractivity contribution is 0.0696. The second-order valence-corrected chi connectivity index (χ2v) is 7.69. The lowest BCUT2D eigenvalue weighted by atomic mass is 10.1. The zero-order chi connectivity index (χ0) is 18.3. The average Bonchev–Trinajstić information content (AvgIpc) is 3.07. The summed E-state index contributed by atoms with van der Waals surface area (Å²) in [5.74, 6) is -0.989. The van der Waals surface area contributed by atoms with Gasteiger partial charge in [0, 0.05) is 29.7 Å². The molecule has 0 radical (unpaired) electrons. The molecule has 134 valence electrons. The molecule has 26 heavy (non-hydrogen) atoms. The molecule has 1 fully saturated rings. The van der Waals surface area contributed by atoms with Crippen LogP contribution in [0.5, 0.6) is 0 Å². The third-order valence-corrected chi connectivity index (χ3v) is 6.27. The maximum Gasteiger partial charge on any atom is 0.339 e. The van der Waals surface area contributed by atoms with Gasteiger partial charge in [-0.05, 0) is 12.1 Å². The van der Waals surface area contributed by atoms with Gasteiger partial charge in [0.05, 0.1) is 39.2 Å². The van der Waals surface area contributed by atoms with E-state index >= 15 is 0 Å². The Morgan fingerprint density at radius 1 is 1.27 bits per heavy atom. The molecule has 4 rings (SSSR count). The first-order chi connectivity index (χ1) is 12.6. The van der Waals surface area contributed by atoms with E-state index in [1.165, 1.54) is 17.5 Å². The second kappa shape index (κ2) is 7.04. The lowest BCUT2D eigenvalue weighted by Crippen LogP contribution is -2.37. The highest BCUT2D eigenvalue weighted by Crippen LogP contribution is 2.43. The largest absolute Gasteiger partial charge is 0.478 e. The first kappa shape index (κ1) is 17.5. The number of halogens is 2. The number of pyridine rings is 1. The number of morpholine rings is 1. The van der Waals surface area contributed by atoms with Crippen LogP contribution >= 0.6 is 34.5 Å². The Balaban J connectivity index is 1.92. The molecule has 1 saturated heterocycles. The molecule has 0 bridgehead atoms. The summed E-state index contributed by atoms with van der Waals surface area (Å²) < 4.78 is 6.23. The van der Waals surface area contributed by atoms with Crippen LogP contribution in [0.15, 0.2) is 30.5 Å². The number of fused-ring (bicyclic) bond motifs is 1. The summed E-state index contributed by atoms with van der Waals surface area (Å²) in [6.45, 7) is 2.43. The van der Waals surface area contributed by atoms with Gasteiger partial charge in [-0.2, -0.15) is 0 Å². The topological polar surface area (TPSA) is 62.7 Å². The van der Waals surface area contributed by atoms with Gasteiger partial charge >= 0.3 is 5.97 Å². The van der Waals surface area contributed by atoms with Gasteiger partial charge in [0.1, 0.15) is 5.56 Å². The Bertz CT molecular complexity index is 1000. The van der Waals surface area contributed by atoms with Crippen LogP contribution in [-0.2, 0) is 4.74 Å². The van der Waals surface area contributed by atoms with Crippen molar-refractivity contribution in [3.05, 3.63) is 46.1 Å². The number of benzene rings is 1. The Morgan fingerprint density at radius 3 is 2.77 bits per heavy atom. The van der Waals surface area contributed by atoms with Crippen LogP contribution in [-0.4, -0.2) is 42.4 Å². The molecule has 0 atom stereocenters. The Labute approximate surface area is 163 Å². The highest BCUT2D eigenvalue weighted by Gasteiger charge is 2.24. The molecule has 3 aromatic rings. The molecule has 0 amide bonds. The van der Waals surface area contributed by atoms with E-state index in [4.69, 9.17) is 27.9 Å². The highest BCUT2D eigenvalue weighted by molar-refractivity contribution is 7.22. The van der Waals surface area contributed by atoms with Crippen LogP contribution in [0.3, 0.4) is 0 Å². The zero-order valence-corrected chi connectivity index (χ0v) is 15.9. The van der Waals surface area contributed by atoms with Crippen molar-refractivity contribution in [2.45, 2.75) is 0 Å². The average molecular weight is 409 g/mol. The maximum absolute atomic E-state index is 11.8.